The lowest BCUT2D eigenvalue weighted by Crippen LogP contribution is -2.31. The van der Waals surface area contributed by atoms with Gasteiger partial charge in [0.2, 0.25) is 10.9 Å². The van der Waals surface area contributed by atoms with Crippen LogP contribution in [0.15, 0.2) is 75.6 Å². The van der Waals surface area contributed by atoms with Gasteiger partial charge in [0.15, 0.2) is 21.6 Å². The molecule has 0 saturated carbocycles. The van der Waals surface area contributed by atoms with Crippen molar-refractivity contribution in [3.05, 3.63) is 92.3 Å². The van der Waals surface area contributed by atoms with Gasteiger partial charge in [-0.25, -0.2) is 0 Å². The Bertz CT molecular complexity index is 1610. The summed E-state index contributed by atoms with van der Waals surface area (Å²) in [6.07, 6.45) is 3.04. The molecule has 1 amide bonds. The molecular formula is C30H28ClN3O5S3. The van der Waals surface area contributed by atoms with E-state index in [9.17, 15) is 14.7 Å². The van der Waals surface area contributed by atoms with E-state index in [0.29, 0.717) is 43.7 Å². The number of unbranched alkanes of at least 4 members (excludes halogenated alkanes) is 2. The van der Waals surface area contributed by atoms with Gasteiger partial charge in [-0.3, -0.25) is 14.5 Å². The Kier molecular flexibility index (Phi) is 9.84. The number of thiophene rings is 1. The van der Waals surface area contributed by atoms with Crippen LogP contribution in [-0.4, -0.2) is 40.7 Å². The van der Waals surface area contributed by atoms with Crippen molar-refractivity contribution in [3.8, 4) is 11.5 Å². The van der Waals surface area contributed by atoms with Crippen molar-refractivity contribution in [2.24, 2.45) is 0 Å². The van der Waals surface area contributed by atoms with E-state index in [2.05, 4.69) is 17.1 Å². The van der Waals surface area contributed by atoms with Crippen LogP contribution in [0.5, 0.6) is 11.5 Å². The van der Waals surface area contributed by atoms with Crippen LogP contribution in [-0.2, 0) is 10.5 Å². The van der Waals surface area contributed by atoms with Crippen LogP contribution in [0.1, 0.15) is 53.0 Å². The lowest BCUT2D eigenvalue weighted by molar-refractivity contribution is -0.117. The van der Waals surface area contributed by atoms with Gasteiger partial charge in [-0.15, -0.1) is 21.5 Å². The molecular weight excluding hydrogens is 614 g/mol. The fraction of sp³-hybridized carbons (Fsp3) is 0.267. The van der Waals surface area contributed by atoms with Crippen LogP contribution in [0.3, 0.4) is 0 Å². The van der Waals surface area contributed by atoms with Gasteiger partial charge in [0.05, 0.1) is 30.2 Å². The molecule has 0 fully saturated rings. The maximum Gasteiger partial charge on any atom is 0.296 e. The minimum absolute atomic E-state index is 0.0263. The Balaban J connectivity index is 1.49. The van der Waals surface area contributed by atoms with Crippen molar-refractivity contribution in [3.63, 3.8) is 0 Å². The molecule has 0 aliphatic carbocycles. The molecule has 2 aromatic carbocycles. The number of hydrogen-bond donors (Lipinski definition) is 1. The van der Waals surface area contributed by atoms with Crippen molar-refractivity contribution in [1.29, 1.82) is 0 Å². The Morgan fingerprint density at radius 2 is 1.95 bits per heavy atom. The fourth-order valence-corrected chi connectivity index (χ4v) is 7.34. The molecule has 12 heteroatoms. The Hall–Kier alpha value is -3.38. The SMILES string of the molecule is CCCCCOc1ccc(C2C(C(=O)c3cccs3)=C(O)C(=O)N2c2nnc(SCc3ccccc3Cl)s2)cc1OC. The molecule has 1 unspecified atom stereocenters. The Morgan fingerprint density at radius 3 is 2.69 bits per heavy atom. The van der Waals surface area contributed by atoms with Crippen molar-refractivity contribution in [1.82, 2.24) is 10.2 Å². The molecule has 0 bridgehead atoms. The first-order chi connectivity index (χ1) is 20.4. The van der Waals surface area contributed by atoms with E-state index in [1.165, 1.54) is 46.4 Å². The number of rotatable bonds is 13. The predicted octanol–water partition coefficient (Wildman–Crippen LogP) is 7.91. The maximum atomic E-state index is 13.7. The first-order valence-corrected chi connectivity index (χ1v) is 16.3. The third-order valence-electron chi connectivity index (χ3n) is 6.62. The number of carbonyl (C=O) groups is 2. The van der Waals surface area contributed by atoms with Gasteiger partial charge >= 0.3 is 0 Å². The van der Waals surface area contributed by atoms with Crippen LogP contribution in [0.4, 0.5) is 5.13 Å². The van der Waals surface area contributed by atoms with Crippen molar-refractivity contribution < 1.29 is 24.2 Å². The third kappa shape index (κ3) is 6.34. The van der Waals surface area contributed by atoms with Crippen LogP contribution < -0.4 is 14.4 Å². The first kappa shape index (κ1) is 30.1. The second-order valence-corrected chi connectivity index (χ2v) is 12.9. The summed E-state index contributed by atoms with van der Waals surface area (Å²) in [6, 6.07) is 15.3. The number of nitrogens with zero attached hydrogens (tertiary/aromatic N) is 3. The van der Waals surface area contributed by atoms with Crippen LogP contribution in [0.25, 0.3) is 0 Å². The highest BCUT2D eigenvalue weighted by molar-refractivity contribution is 8.00. The molecule has 1 N–H and O–H groups in total. The van der Waals surface area contributed by atoms with E-state index < -0.39 is 23.5 Å². The van der Waals surface area contributed by atoms with Crippen molar-refractivity contribution >= 4 is 62.9 Å². The summed E-state index contributed by atoms with van der Waals surface area (Å²) in [5.41, 5.74) is 1.48. The van der Waals surface area contributed by atoms with Crippen LogP contribution in [0, 0.1) is 0 Å². The fourth-order valence-electron chi connectivity index (χ4n) is 4.51. The van der Waals surface area contributed by atoms with E-state index >= 15 is 0 Å². The van der Waals surface area contributed by atoms with Gasteiger partial charge in [-0.05, 0) is 47.2 Å². The summed E-state index contributed by atoms with van der Waals surface area (Å²) in [5.74, 6) is -0.190. The van der Waals surface area contributed by atoms with E-state index in [-0.39, 0.29) is 10.7 Å². The first-order valence-electron chi connectivity index (χ1n) is 13.3. The second-order valence-electron chi connectivity index (χ2n) is 9.34. The number of Topliss-reactive ketones (excluding diaryl/α,β-unsaturated/α-hetero) is 1. The summed E-state index contributed by atoms with van der Waals surface area (Å²) < 4.78 is 12.2. The average molecular weight is 642 g/mol. The topological polar surface area (TPSA) is 102 Å². The number of ether oxygens (including phenoxy) is 2. The molecule has 0 spiro atoms. The molecule has 218 valence electrons. The van der Waals surface area contributed by atoms with E-state index in [0.717, 1.165) is 24.8 Å². The number of anilines is 1. The van der Waals surface area contributed by atoms with Gasteiger partial charge in [-0.2, -0.15) is 0 Å². The van der Waals surface area contributed by atoms with Gasteiger partial charge in [0.1, 0.15) is 0 Å². The highest BCUT2D eigenvalue weighted by atomic mass is 35.5. The van der Waals surface area contributed by atoms with E-state index in [1.807, 2.05) is 24.3 Å². The minimum atomic E-state index is -0.954. The predicted molar refractivity (Wildman–Crippen MR) is 167 cm³/mol. The molecule has 1 aliphatic rings. The van der Waals surface area contributed by atoms with E-state index in [4.69, 9.17) is 21.1 Å². The number of hydrogen-bond acceptors (Lipinski definition) is 10. The van der Waals surface area contributed by atoms with Crippen molar-refractivity contribution in [2.45, 2.75) is 42.3 Å². The quantitative estimate of drug-likeness (QED) is 0.0680. The number of ketones is 1. The number of benzene rings is 2. The summed E-state index contributed by atoms with van der Waals surface area (Å²) in [7, 11) is 1.54. The number of aliphatic hydroxyl groups is 1. The monoisotopic (exact) mass is 641 g/mol. The normalized spacial score (nSPS) is 15.0. The lowest BCUT2D eigenvalue weighted by Gasteiger charge is -2.24. The van der Waals surface area contributed by atoms with Gasteiger partial charge in [0.25, 0.3) is 5.91 Å². The molecule has 0 saturated heterocycles. The zero-order valence-corrected chi connectivity index (χ0v) is 26.1. The molecule has 3 heterocycles. The maximum absolute atomic E-state index is 13.7. The molecule has 2 aromatic heterocycles. The Morgan fingerprint density at radius 1 is 1.12 bits per heavy atom. The molecule has 4 aromatic rings. The molecule has 1 atom stereocenters. The van der Waals surface area contributed by atoms with Gasteiger partial charge in [-0.1, -0.05) is 84.8 Å². The molecule has 42 heavy (non-hydrogen) atoms. The summed E-state index contributed by atoms with van der Waals surface area (Å²) in [4.78, 5) is 28.9. The smallest absolute Gasteiger partial charge is 0.296 e. The number of aliphatic hydroxyl groups excluding tert-OH is 1. The van der Waals surface area contributed by atoms with Crippen molar-refractivity contribution in [2.75, 3.05) is 18.6 Å². The molecule has 5 rings (SSSR count). The van der Waals surface area contributed by atoms with Crippen LogP contribution in [0.2, 0.25) is 5.02 Å². The number of amides is 1. The third-order valence-corrected chi connectivity index (χ3v) is 9.96. The van der Waals surface area contributed by atoms with E-state index in [1.54, 1.807) is 35.7 Å². The largest absolute Gasteiger partial charge is 0.503 e. The zero-order valence-electron chi connectivity index (χ0n) is 22.9. The summed E-state index contributed by atoms with van der Waals surface area (Å²) in [6.45, 7) is 2.67. The minimum Gasteiger partial charge on any atom is -0.503 e. The lowest BCUT2D eigenvalue weighted by atomic mass is 9.95. The highest BCUT2D eigenvalue weighted by Gasteiger charge is 2.46. The Labute approximate surface area is 261 Å². The average Bonchev–Trinajstić information content (AvgIpc) is 3.76. The van der Waals surface area contributed by atoms with Gasteiger partial charge < -0.3 is 14.6 Å². The molecule has 1 aliphatic heterocycles. The summed E-state index contributed by atoms with van der Waals surface area (Å²) in [5, 5.41) is 22.3. The standard InChI is InChI=1S/C30H28ClN3O5S3/c1-3-4-7-14-39-21-13-12-18(16-22(21)38-2)25-24(26(35)23-11-8-15-40-23)27(36)28(37)34(25)29-32-33-30(42-29)41-17-19-9-5-6-10-20(19)31/h5-6,8-13,15-16,25,36H,3-4,7,14,17H2,1-2H3. The highest BCUT2D eigenvalue weighted by Crippen LogP contribution is 2.46. The van der Waals surface area contributed by atoms with Crippen LogP contribution >= 0.6 is 46.0 Å². The summed E-state index contributed by atoms with van der Waals surface area (Å²) >= 11 is 10.2. The number of carbonyl (C=O) groups excluding carboxylic acids is 2. The molecule has 8 nitrogen and oxygen atoms in total. The number of thioether (sulfide) groups is 1. The number of aromatic nitrogens is 2. The molecule has 0 radical (unpaired) electrons. The van der Waals surface area contributed by atoms with Gasteiger partial charge in [0, 0.05) is 10.8 Å². The number of halogens is 1. The number of methoxy groups -OCH3 is 1. The second kappa shape index (κ2) is 13.7. The zero-order chi connectivity index (χ0) is 29.6.